The van der Waals surface area contributed by atoms with Gasteiger partial charge in [-0.1, -0.05) is 6.07 Å². The number of rotatable bonds is 8. The lowest BCUT2D eigenvalue weighted by molar-refractivity contribution is -0.119. The minimum atomic E-state index is -0.760. The third-order valence-corrected chi connectivity index (χ3v) is 4.78. The van der Waals surface area contributed by atoms with Crippen molar-refractivity contribution in [3.8, 4) is 0 Å². The molecule has 1 aromatic heterocycles. The van der Waals surface area contributed by atoms with Gasteiger partial charge in [0, 0.05) is 23.0 Å². The average molecular weight is 427 g/mol. The predicted molar refractivity (Wildman–Crippen MR) is 112 cm³/mol. The van der Waals surface area contributed by atoms with Gasteiger partial charge in [-0.05, 0) is 57.4 Å². The van der Waals surface area contributed by atoms with Crippen molar-refractivity contribution in [2.24, 2.45) is 0 Å². The maximum atomic E-state index is 12.4. The summed E-state index contributed by atoms with van der Waals surface area (Å²) in [6, 6.07) is 6.74. The number of anilines is 1. The molecule has 9 heteroatoms. The summed E-state index contributed by atoms with van der Waals surface area (Å²) < 4.78 is 10.1. The van der Waals surface area contributed by atoms with Crippen molar-refractivity contribution in [3.63, 3.8) is 0 Å². The van der Waals surface area contributed by atoms with Crippen LogP contribution in [0.25, 0.3) is 0 Å². The minimum absolute atomic E-state index is 0.0899. The van der Waals surface area contributed by atoms with Gasteiger partial charge in [-0.25, -0.2) is 9.59 Å². The summed E-state index contributed by atoms with van der Waals surface area (Å²) in [4.78, 5) is 51.6. The van der Waals surface area contributed by atoms with Crippen molar-refractivity contribution >= 4 is 29.4 Å². The first-order chi connectivity index (χ1) is 14.8. The Hall–Kier alpha value is -3.62. The standard InChI is InChI=1S/C22H25N3O6/c1-4-30-21(28)18-12(2)19(23-13(18)3)22(29)31-11-17(26)24-16-7-5-6-14(10-16)20(27)25-15-8-9-15/h5-7,10,15,23H,4,8-9,11H2,1-3H3,(H,24,26)(H,25,27). The van der Waals surface area contributed by atoms with Crippen LogP contribution in [0, 0.1) is 13.8 Å². The lowest BCUT2D eigenvalue weighted by Crippen LogP contribution is -2.25. The first-order valence-electron chi connectivity index (χ1n) is 10.0. The van der Waals surface area contributed by atoms with Crippen LogP contribution in [0.15, 0.2) is 24.3 Å². The number of esters is 2. The molecule has 3 N–H and O–H groups in total. The number of carbonyl (C=O) groups is 4. The molecular weight excluding hydrogens is 402 g/mol. The highest BCUT2D eigenvalue weighted by Gasteiger charge is 2.25. The number of benzene rings is 1. The Kier molecular flexibility index (Phi) is 6.74. The van der Waals surface area contributed by atoms with Gasteiger partial charge in [0.1, 0.15) is 5.69 Å². The smallest absolute Gasteiger partial charge is 0.355 e. The molecule has 0 spiro atoms. The number of aryl methyl sites for hydroxylation is 1. The number of hydrogen-bond acceptors (Lipinski definition) is 6. The van der Waals surface area contributed by atoms with Crippen LogP contribution >= 0.6 is 0 Å². The summed E-state index contributed by atoms with van der Waals surface area (Å²) in [5, 5.41) is 5.48. The Morgan fingerprint density at radius 1 is 1.10 bits per heavy atom. The van der Waals surface area contributed by atoms with Gasteiger partial charge in [-0.3, -0.25) is 9.59 Å². The van der Waals surface area contributed by atoms with E-state index >= 15 is 0 Å². The molecule has 0 saturated heterocycles. The fourth-order valence-electron chi connectivity index (χ4n) is 3.10. The van der Waals surface area contributed by atoms with E-state index in [2.05, 4.69) is 15.6 Å². The molecule has 1 saturated carbocycles. The molecule has 0 radical (unpaired) electrons. The van der Waals surface area contributed by atoms with E-state index in [9.17, 15) is 19.2 Å². The van der Waals surface area contributed by atoms with Gasteiger partial charge in [-0.2, -0.15) is 0 Å². The molecular formula is C22H25N3O6. The highest BCUT2D eigenvalue weighted by atomic mass is 16.5. The quantitative estimate of drug-likeness (QED) is 0.556. The second-order valence-electron chi connectivity index (χ2n) is 7.30. The topological polar surface area (TPSA) is 127 Å². The fraction of sp³-hybridized carbons (Fsp3) is 0.364. The third-order valence-electron chi connectivity index (χ3n) is 4.78. The van der Waals surface area contributed by atoms with Crippen LogP contribution in [0.5, 0.6) is 0 Å². The van der Waals surface area contributed by atoms with Crippen LogP contribution in [0.2, 0.25) is 0 Å². The molecule has 0 unspecified atom stereocenters. The number of carbonyl (C=O) groups excluding carboxylic acids is 4. The summed E-state index contributed by atoms with van der Waals surface area (Å²) in [5.74, 6) is -2.04. The first-order valence-corrected chi connectivity index (χ1v) is 10.0. The highest BCUT2D eigenvalue weighted by molar-refractivity contribution is 6.00. The molecule has 1 aromatic carbocycles. The average Bonchev–Trinajstić information content (AvgIpc) is 3.49. The van der Waals surface area contributed by atoms with Gasteiger partial charge in [-0.15, -0.1) is 0 Å². The van der Waals surface area contributed by atoms with Crippen LogP contribution in [-0.4, -0.2) is 48.0 Å². The van der Waals surface area contributed by atoms with Crippen LogP contribution in [0.1, 0.15) is 62.2 Å². The Labute approximate surface area is 179 Å². The lowest BCUT2D eigenvalue weighted by Gasteiger charge is -2.09. The number of H-pyrrole nitrogens is 1. The zero-order chi connectivity index (χ0) is 22.5. The van der Waals surface area contributed by atoms with Crippen molar-refractivity contribution in [1.29, 1.82) is 0 Å². The maximum absolute atomic E-state index is 12.4. The molecule has 1 aliphatic carbocycles. The Morgan fingerprint density at radius 3 is 2.52 bits per heavy atom. The Balaban J connectivity index is 1.57. The first kappa shape index (κ1) is 22.1. The zero-order valence-electron chi connectivity index (χ0n) is 17.7. The second kappa shape index (κ2) is 9.46. The van der Waals surface area contributed by atoms with Crippen molar-refractivity contribution in [1.82, 2.24) is 10.3 Å². The molecule has 3 rings (SSSR count). The second-order valence-corrected chi connectivity index (χ2v) is 7.30. The summed E-state index contributed by atoms with van der Waals surface area (Å²) >= 11 is 0. The molecule has 2 amide bonds. The summed E-state index contributed by atoms with van der Waals surface area (Å²) in [6.07, 6.45) is 1.96. The van der Waals surface area contributed by atoms with Gasteiger partial charge in [0.15, 0.2) is 6.61 Å². The summed E-state index contributed by atoms with van der Waals surface area (Å²) in [5.41, 5.74) is 2.10. The number of amides is 2. The molecule has 1 heterocycles. The predicted octanol–water partition coefficient (Wildman–Crippen LogP) is 2.50. The molecule has 1 fully saturated rings. The normalized spacial score (nSPS) is 12.7. The number of ether oxygens (including phenoxy) is 2. The zero-order valence-corrected chi connectivity index (χ0v) is 17.7. The van der Waals surface area contributed by atoms with E-state index < -0.39 is 24.5 Å². The third kappa shape index (κ3) is 5.50. The Bertz CT molecular complexity index is 1020. The largest absolute Gasteiger partial charge is 0.462 e. The van der Waals surface area contributed by atoms with Gasteiger partial charge in [0.2, 0.25) is 0 Å². The number of hydrogen-bond donors (Lipinski definition) is 3. The van der Waals surface area contributed by atoms with E-state index in [0.29, 0.717) is 22.5 Å². The number of aromatic nitrogens is 1. The molecule has 0 atom stereocenters. The molecule has 2 aromatic rings. The molecule has 31 heavy (non-hydrogen) atoms. The fourth-order valence-corrected chi connectivity index (χ4v) is 3.10. The van der Waals surface area contributed by atoms with Gasteiger partial charge < -0.3 is 25.1 Å². The summed E-state index contributed by atoms with van der Waals surface area (Å²) in [6.45, 7) is 4.63. The van der Waals surface area contributed by atoms with Crippen LogP contribution < -0.4 is 10.6 Å². The van der Waals surface area contributed by atoms with E-state index in [1.54, 1.807) is 45.0 Å². The van der Waals surface area contributed by atoms with Gasteiger partial charge >= 0.3 is 11.9 Å². The SMILES string of the molecule is CCOC(=O)c1c(C)[nH]c(C(=O)OCC(=O)Nc2cccc(C(=O)NC3CC3)c2)c1C. The highest BCUT2D eigenvalue weighted by Crippen LogP contribution is 2.21. The number of aromatic amines is 1. The maximum Gasteiger partial charge on any atom is 0.355 e. The van der Waals surface area contributed by atoms with Crippen molar-refractivity contribution in [2.75, 3.05) is 18.5 Å². The van der Waals surface area contributed by atoms with E-state index in [1.807, 2.05) is 0 Å². The van der Waals surface area contributed by atoms with Gasteiger partial charge in [0.25, 0.3) is 11.8 Å². The molecule has 1 aliphatic rings. The molecule has 9 nitrogen and oxygen atoms in total. The van der Waals surface area contributed by atoms with E-state index in [4.69, 9.17) is 9.47 Å². The van der Waals surface area contributed by atoms with Crippen molar-refractivity contribution in [2.45, 2.75) is 39.7 Å². The van der Waals surface area contributed by atoms with Crippen molar-refractivity contribution in [3.05, 3.63) is 52.3 Å². The monoisotopic (exact) mass is 427 g/mol. The van der Waals surface area contributed by atoms with Gasteiger partial charge in [0.05, 0.1) is 12.2 Å². The molecule has 0 aliphatic heterocycles. The van der Waals surface area contributed by atoms with E-state index in [0.717, 1.165) is 12.8 Å². The number of nitrogens with one attached hydrogen (secondary N) is 3. The van der Waals surface area contributed by atoms with Crippen LogP contribution in [0.4, 0.5) is 5.69 Å². The molecule has 0 bridgehead atoms. The van der Waals surface area contributed by atoms with E-state index in [1.165, 1.54) is 0 Å². The van der Waals surface area contributed by atoms with E-state index in [-0.39, 0.29) is 29.8 Å². The molecule has 164 valence electrons. The van der Waals surface area contributed by atoms with Crippen molar-refractivity contribution < 1.29 is 28.7 Å². The Morgan fingerprint density at radius 2 is 1.84 bits per heavy atom. The lowest BCUT2D eigenvalue weighted by atomic mass is 10.1. The van der Waals surface area contributed by atoms with Crippen LogP contribution in [-0.2, 0) is 14.3 Å². The minimum Gasteiger partial charge on any atom is -0.462 e. The summed E-state index contributed by atoms with van der Waals surface area (Å²) in [7, 11) is 0. The van der Waals surface area contributed by atoms with Crippen LogP contribution in [0.3, 0.4) is 0 Å².